The van der Waals surface area contributed by atoms with Gasteiger partial charge in [-0.1, -0.05) is 12.5 Å². The van der Waals surface area contributed by atoms with E-state index < -0.39 is 0 Å². The van der Waals surface area contributed by atoms with Crippen LogP contribution in [0, 0.1) is 0 Å². The zero-order valence-corrected chi connectivity index (χ0v) is 15.0. The van der Waals surface area contributed by atoms with Crippen molar-refractivity contribution in [1.29, 1.82) is 0 Å². The minimum Gasteiger partial charge on any atom is -0.497 e. The van der Waals surface area contributed by atoms with E-state index in [9.17, 15) is 4.79 Å². The standard InChI is InChI=1S/C18H26N2O3S/c1-22-14-6-5-7-15(10-14)24-13-18(21)19-16-11-23-12-17(16)20-8-3-2-4-9-20/h5-7,10,16-17H,2-4,8-9,11-13H2,1H3,(H,19,21)/t16-,17-/m0/s1. The largest absolute Gasteiger partial charge is 0.497 e. The second-order valence-electron chi connectivity index (χ2n) is 6.34. The third kappa shape index (κ3) is 4.65. The Balaban J connectivity index is 1.48. The number of piperidine rings is 1. The number of likely N-dealkylation sites (tertiary alicyclic amines) is 1. The van der Waals surface area contributed by atoms with Crippen LogP contribution in [-0.4, -0.2) is 62.1 Å². The number of nitrogens with one attached hydrogen (secondary N) is 1. The molecule has 0 aliphatic carbocycles. The van der Waals surface area contributed by atoms with Gasteiger partial charge >= 0.3 is 0 Å². The molecule has 0 spiro atoms. The SMILES string of the molecule is COc1cccc(SCC(=O)N[C@H]2COC[C@@H]2N2CCCCC2)c1. The maximum Gasteiger partial charge on any atom is 0.230 e. The van der Waals surface area contributed by atoms with Gasteiger partial charge in [0.1, 0.15) is 5.75 Å². The van der Waals surface area contributed by atoms with Gasteiger partial charge in [-0.3, -0.25) is 9.69 Å². The van der Waals surface area contributed by atoms with Gasteiger partial charge in [0, 0.05) is 4.90 Å². The number of nitrogens with zero attached hydrogens (tertiary/aromatic N) is 1. The highest BCUT2D eigenvalue weighted by Crippen LogP contribution is 2.23. The lowest BCUT2D eigenvalue weighted by molar-refractivity contribution is -0.119. The van der Waals surface area contributed by atoms with Crippen LogP contribution < -0.4 is 10.1 Å². The molecule has 0 radical (unpaired) electrons. The van der Waals surface area contributed by atoms with Crippen molar-refractivity contribution in [3.8, 4) is 5.75 Å². The van der Waals surface area contributed by atoms with Crippen LogP contribution in [0.1, 0.15) is 19.3 Å². The molecule has 2 atom stereocenters. The average Bonchev–Trinajstić information content (AvgIpc) is 3.09. The van der Waals surface area contributed by atoms with Crippen LogP contribution in [0.4, 0.5) is 0 Å². The zero-order valence-electron chi connectivity index (χ0n) is 14.2. The number of ether oxygens (including phenoxy) is 2. The summed E-state index contributed by atoms with van der Waals surface area (Å²) in [4.78, 5) is 15.8. The molecule has 2 aliphatic rings. The second kappa shape index (κ2) is 8.74. The summed E-state index contributed by atoms with van der Waals surface area (Å²) < 4.78 is 10.9. The van der Waals surface area contributed by atoms with Crippen molar-refractivity contribution in [2.75, 3.05) is 39.2 Å². The summed E-state index contributed by atoms with van der Waals surface area (Å²) in [6, 6.07) is 8.24. The number of carbonyl (C=O) groups excluding carboxylic acids is 1. The monoisotopic (exact) mass is 350 g/mol. The van der Waals surface area contributed by atoms with Crippen molar-refractivity contribution in [3.05, 3.63) is 24.3 Å². The molecule has 0 bridgehead atoms. The predicted molar refractivity (Wildman–Crippen MR) is 95.7 cm³/mol. The van der Waals surface area contributed by atoms with Crippen LogP contribution in [-0.2, 0) is 9.53 Å². The van der Waals surface area contributed by atoms with Crippen LogP contribution in [0.3, 0.4) is 0 Å². The smallest absolute Gasteiger partial charge is 0.230 e. The van der Waals surface area contributed by atoms with Crippen LogP contribution in [0.2, 0.25) is 0 Å². The van der Waals surface area contributed by atoms with E-state index in [1.807, 2.05) is 24.3 Å². The normalized spacial score (nSPS) is 24.7. The molecular weight excluding hydrogens is 324 g/mol. The molecule has 3 rings (SSSR count). The Morgan fingerprint density at radius 1 is 1.33 bits per heavy atom. The summed E-state index contributed by atoms with van der Waals surface area (Å²) >= 11 is 1.53. The van der Waals surface area contributed by atoms with Crippen LogP contribution in [0.5, 0.6) is 5.75 Å². The van der Waals surface area contributed by atoms with Crippen LogP contribution >= 0.6 is 11.8 Å². The first-order chi connectivity index (χ1) is 11.8. The number of amides is 1. The Morgan fingerprint density at radius 3 is 2.96 bits per heavy atom. The fourth-order valence-corrected chi connectivity index (χ4v) is 4.13. The van der Waals surface area contributed by atoms with Gasteiger partial charge in [0.25, 0.3) is 0 Å². The molecule has 6 heteroatoms. The summed E-state index contributed by atoms with van der Waals surface area (Å²) in [5, 5.41) is 3.17. The fraction of sp³-hybridized carbons (Fsp3) is 0.611. The summed E-state index contributed by atoms with van der Waals surface area (Å²) in [5.74, 6) is 1.30. The van der Waals surface area contributed by atoms with Gasteiger partial charge < -0.3 is 14.8 Å². The Kier molecular flexibility index (Phi) is 6.40. The molecular formula is C18H26N2O3S. The van der Waals surface area contributed by atoms with E-state index in [2.05, 4.69) is 10.2 Å². The molecule has 1 N–H and O–H groups in total. The zero-order chi connectivity index (χ0) is 16.8. The lowest BCUT2D eigenvalue weighted by atomic mass is 10.1. The average molecular weight is 350 g/mol. The molecule has 5 nitrogen and oxygen atoms in total. The van der Waals surface area contributed by atoms with Gasteiger partial charge in [-0.15, -0.1) is 11.8 Å². The van der Waals surface area contributed by atoms with E-state index in [0.29, 0.717) is 18.4 Å². The maximum atomic E-state index is 12.3. The summed E-state index contributed by atoms with van der Waals surface area (Å²) in [6.45, 7) is 3.60. The molecule has 2 fully saturated rings. The third-order valence-electron chi connectivity index (χ3n) is 4.67. The van der Waals surface area contributed by atoms with Crippen molar-refractivity contribution >= 4 is 17.7 Å². The summed E-state index contributed by atoms with van der Waals surface area (Å²) in [7, 11) is 1.65. The lowest BCUT2D eigenvalue weighted by Gasteiger charge is -2.34. The maximum absolute atomic E-state index is 12.3. The molecule has 1 amide bonds. The predicted octanol–water partition coefficient (Wildman–Crippen LogP) is 2.16. The van der Waals surface area contributed by atoms with Crippen molar-refractivity contribution in [1.82, 2.24) is 10.2 Å². The number of hydrogen-bond donors (Lipinski definition) is 1. The highest BCUT2D eigenvalue weighted by molar-refractivity contribution is 8.00. The van der Waals surface area contributed by atoms with Gasteiger partial charge in [-0.2, -0.15) is 0 Å². The number of rotatable bonds is 6. The van der Waals surface area contributed by atoms with E-state index in [1.165, 1.54) is 31.0 Å². The summed E-state index contributed by atoms with van der Waals surface area (Å²) in [5.41, 5.74) is 0. The van der Waals surface area contributed by atoms with Crippen LogP contribution in [0.15, 0.2) is 29.2 Å². The van der Waals surface area contributed by atoms with Crippen molar-refractivity contribution in [2.24, 2.45) is 0 Å². The van der Waals surface area contributed by atoms with Crippen molar-refractivity contribution in [2.45, 2.75) is 36.2 Å². The van der Waals surface area contributed by atoms with E-state index in [4.69, 9.17) is 9.47 Å². The minimum absolute atomic E-state index is 0.0697. The van der Waals surface area contributed by atoms with Gasteiger partial charge in [-0.25, -0.2) is 0 Å². The Morgan fingerprint density at radius 2 is 2.17 bits per heavy atom. The first-order valence-corrected chi connectivity index (χ1v) is 9.63. The molecule has 0 aromatic heterocycles. The molecule has 2 saturated heterocycles. The Hall–Kier alpha value is -1.24. The van der Waals surface area contributed by atoms with E-state index in [1.54, 1.807) is 7.11 Å². The summed E-state index contributed by atoms with van der Waals surface area (Å²) in [6.07, 6.45) is 3.82. The van der Waals surface area contributed by atoms with Gasteiger partial charge in [0.2, 0.25) is 5.91 Å². The van der Waals surface area contributed by atoms with Gasteiger partial charge in [-0.05, 0) is 44.1 Å². The van der Waals surface area contributed by atoms with Crippen LogP contribution in [0.25, 0.3) is 0 Å². The molecule has 0 saturated carbocycles. The first kappa shape index (κ1) is 17.6. The van der Waals surface area contributed by atoms with Gasteiger partial charge in [0.15, 0.2) is 0 Å². The highest BCUT2D eigenvalue weighted by atomic mass is 32.2. The molecule has 2 heterocycles. The number of methoxy groups -OCH3 is 1. The molecule has 1 aromatic carbocycles. The molecule has 2 aliphatic heterocycles. The first-order valence-electron chi connectivity index (χ1n) is 8.64. The van der Waals surface area contributed by atoms with Gasteiger partial charge in [0.05, 0.1) is 38.2 Å². The molecule has 1 aromatic rings. The number of benzene rings is 1. The third-order valence-corrected chi connectivity index (χ3v) is 5.66. The molecule has 132 valence electrons. The van der Waals surface area contributed by atoms with E-state index in [0.717, 1.165) is 30.3 Å². The highest BCUT2D eigenvalue weighted by Gasteiger charge is 2.34. The van der Waals surface area contributed by atoms with Crippen molar-refractivity contribution < 1.29 is 14.3 Å². The lowest BCUT2D eigenvalue weighted by Crippen LogP contribution is -2.52. The quantitative estimate of drug-likeness (QED) is 0.797. The van der Waals surface area contributed by atoms with Crippen molar-refractivity contribution in [3.63, 3.8) is 0 Å². The van der Waals surface area contributed by atoms with E-state index in [-0.39, 0.29) is 11.9 Å². The van der Waals surface area contributed by atoms with E-state index >= 15 is 0 Å². The second-order valence-corrected chi connectivity index (χ2v) is 7.39. The topological polar surface area (TPSA) is 50.8 Å². The Bertz CT molecular complexity index is 549. The number of hydrogen-bond acceptors (Lipinski definition) is 5. The fourth-order valence-electron chi connectivity index (χ4n) is 3.38. The Labute approximate surface area is 148 Å². The number of carbonyl (C=O) groups is 1. The number of thioether (sulfide) groups is 1. The molecule has 24 heavy (non-hydrogen) atoms. The minimum atomic E-state index is 0.0697. The molecule has 0 unspecified atom stereocenters.